The Kier molecular flexibility index (Phi) is 4.46. The maximum atomic E-state index is 11.8. The SMILES string of the molecule is O=S(=O)(CCCF)Nc1ccc(Br)cn1. The third kappa shape index (κ3) is 4.57. The molecule has 0 aliphatic rings. The second-order valence-corrected chi connectivity index (χ2v) is 5.58. The van der Waals surface area contributed by atoms with Crippen LogP contribution in [-0.2, 0) is 10.0 Å². The zero-order valence-corrected chi connectivity index (χ0v) is 10.2. The van der Waals surface area contributed by atoms with Gasteiger partial charge < -0.3 is 0 Å². The van der Waals surface area contributed by atoms with Gasteiger partial charge in [-0.05, 0) is 34.5 Å². The van der Waals surface area contributed by atoms with E-state index in [0.29, 0.717) is 0 Å². The van der Waals surface area contributed by atoms with Crippen molar-refractivity contribution in [2.75, 3.05) is 17.1 Å². The minimum absolute atomic E-state index is 0.00807. The van der Waals surface area contributed by atoms with Gasteiger partial charge in [-0.2, -0.15) is 0 Å². The molecule has 1 rings (SSSR count). The quantitative estimate of drug-likeness (QED) is 0.903. The zero-order chi connectivity index (χ0) is 11.3. The highest BCUT2D eigenvalue weighted by molar-refractivity contribution is 9.10. The van der Waals surface area contributed by atoms with Gasteiger partial charge in [-0.1, -0.05) is 0 Å². The summed E-state index contributed by atoms with van der Waals surface area (Å²) in [5, 5.41) is 0. The Morgan fingerprint density at radius 1 is 1.47 bits per heavy atom. The van der Waals surface area contributed by atoms with Crippen molar-refractivity contribution < 1.29 is 12.8 Å². The second-order valence-electron chi connectivity index (χ2n) is 2.83. The summed E-state index contributed by atoms with van der Waals surface area (Å²) in [4.78, 5) is 3.84. The molecule has 0 atom stereocenters. The first-order chi connectivity index (χ1) is 7.03. The largest absolute Gasteiger partial charge is 0.267 e. The van der Waals surface area contributed by atoms with E-state index in [9.17, 15) is 12.8 Å². The van der Waals surface area contributed by atoms with Gasteiger partial charge in [-0.3, -0.25) is 9.11 Å². The number of halogens is 2. The molecular weight excluding hydrogens is 287 g/mol. The molecule has 0 saturated heterocycles. The number of alkyl halides is 1. The number of hydrogen-bond donors (Lipinski definition) is 1. The monoisotopic (exact) mass is 296 g/mol. The predicted molar refractivity (Wildman–Crippen MR) is 59.9 cm³/mol. The lowest BCUT2D eigenvalue weighted by Crippen LogP contribution is -2.17. The van der Waals surface area contributed by atoms with Gasteiger partial charge in [0.05, 0.1) is 12.4 Å². The Morgan fingerprint density at radius 3 is 2.73 bits per heavy atom. The van der Waals surface area contributed by atoms with E-state index in [1.54, 1.807) is 6.07 Å². The molecule has 4 nitrogen and oxygen atoms in total. The summed E-state index contributed by atoms with van der Waals surface area (Å²) in [7, 11) is -3.48. The van der Waals surface area contributed by atoms with Gasteiger partial charge in [0, 0.05) is 10.7 Å². The Morgan fingerprint density at radius 2 is 2.20 bits per heavy atom. The smallest absolute Gasteiger partial charge is 0.233 e. The summed E-state index contributed by atoms with van der Waals surface area (Å²) < 4.78 is 37.4. The minimum Gasteiger partial charge on any atom is -0.267 e. The van der Waals surface area contributed by atoms with Crippen molar-refractivity contribution in [1.82, 2.24) is 4.98 Å². The molecule has 0 radical (unpaired) electrons. The Bertz CT molecular complexity index is 407. The van der Waals surface area contributed by atoms with E-state index in [0.717, 1.165) is 4.47 Å². The molecule has 0 aliphatic heterocycles. The molecular formula is C8H10BrFN2O2S. The van der Waals surface area contributed by atoms with Gasteiger partial charge in [0.25, 0.3) is 0 Å². The van der Waals surface area contributed by atoms with E-state index >= 15 is 0 Å². The van der Waals surface area contributed by atoms with Gasteiger partial charge in [0.2, 0.25) is 10.0 Å². The highest BCUT2D eigenvalue weighted by Crippen LogP contribution is 2.11. The summed E-state index contributed by atoms with van der Waals surface area (Å²) in [5.41, 5.74) is 0. The standard InChI is InChI=1S/C8H10BrFN2O2S/c9-7-2-3-8(11-6-7)12-15(13,14)5-1-4-10/h2-3,6H,1,4-5H2,(H,11,12). The Balaban J connectivity index is 2.65. The van der Waals surface area contributed by atoms with Crippen molar-refractivity contribution in [2.24, 2.45) is 0 Å². The van der Waals surface area contributed by atoms with Crippen molar-refractivity contribution in [1.29, 1.82) is 0 Å². The minimum atomic E-state index is -3.48. The van der Waals surface area contributed by atoms with Crippen LogP contribution in [0.1, 0.15) is 6.42 Å². The van der Waals surface area contributed by atoms with Crippen LogP contribution in [0.25, 0.3) is 0 Å². The van der Waals surface area contributed by atoms with Crippen molar-refractivity contribution in [2.45, 2.75) is 6.42 Å². The first-order valence-electron chi connectivity index (χ1n) is 4.21. The lowest BCUT2D eigenvalue weighted by atomic mass is 10.5. The molecule has 1 aromatic heterocycles. The number of aromatic nitrogens is 1. The molecule has 1 N–H and O–H groups in total. The van der Waals surface area contributed by atoms with Crippen LogP contribution in [0.5, 0.6) is 0 Å². The zero-order valence-electron chi connectivity index (χ0n) is 7.78. The van der Waals surface area contributed by atoms with Crippen LogP contribution in [0.15, 0.2) is 22.8 Å². The number of rotatable bonds is 5. The first kappa shape index (κ1) is 12.4. The van der Waals surface area contributed by atoms with E-state index in [2.05, 4.69) is 25.6 Å². The Labute approximate surface area is 96.1 Å². The van der Waals surface area contributed by atoms with Gasteiger partial charge in [-0.15, -0.1) is 0 Å². The number of nitrogens with zero attached hydrogens (tertiary/aromatic N) is 1. The van der Waals surface area contributed by atoms with Crippen LogP contribution in [0, 0.1) is 0 Å². The lowest BCUT2D eigenvalue weighted by Gasteiger charge is -2.05. The van der Waals surface area contributed by atoms with Crippen molar-refractivity contribution in [3.63, 3.8) is 0 Å². The predicted octanol–water partition coefficient (Wildman–Crippen LogP) is 1.95. The highest BCUT2D eigenvalue weighted by Gasteiger charge is 2.10. The van der Waals surface area contributed by atoms with Gasteiger partial charge >= 0.3 is 0 Å². The third-order valence-corrected chi connectivity index (χ3v) is 3.35. The average Bonchev–Trinajstić information content (AvgIpc) is 2.18. The fourth-order valence-corrected chi connectivity index (χ4v) is 2.16. The van der Waals surface area contributed by atoms with Crippen molar-refractivity contribution >= 4 is 31.8 Å². The summed E-state index contributed by atoms with van der Waals surface area (Å²) in [6.07, 6.45) is 1.47. The molecule has 0 bridgehead atoms. The normalized spacial score (nSPS) is 11.3. The maximum absolute atomic E-state index is 11.8. The molecule has 84 valence electrons. The van der Waals surface area contributed by atoms with Crippen LogP contribution in [0.2, 0.25) is 0 Å². The molecule has 0 spiro atoms. The second kappa shape index (κ2) is 5.41. The van der Waals surface area contributed by atoms with E-state index in [-0.39, 0.29) is 18.0 Å². The highest BCUT2D eigenvalue weighted by atomic mass is 79.9. The Hall–Kier alpha value is -0.690. The maximum Gasteiger partial charge on any atom is 0.233 e. The molecule has 0 unspecified atom stereocenters. The molecule has 0 aromatic carbocycles. The van der Waals surface area contributed by atoms with E-state index in [1.807, 2.05) is 0 Å². The molecule has 0 amide bonds. The number of pyridine rings is 1. The van der Waals surface area contributed by atoms with Crippen LogP contribution < -0.4 is 4.72 Å². The average molecular weight is 297 g/mol. The summed E-state index contributed by atoms with van der Waals surface area (Å²) in [6, 6.07) is 3.19. The fraction of sp³-hybridized carbons (Fsp3) is 0.375. The number of anilines is 1. The van der Waals surface area contributed by atoms with E-state index < -0.39 is 16.7 Å². The van der Waals surface area contributed by atoms with Gasteiger partial charge in [0.1, 0.15) is 5.82 Å². The van der Waals surface area contributed by atoms with Crippen molar-refractivity contribution in [3.05, 3.63) is 22.8 Å². The summed E-state index contributed by atoms with van der Waals surface area (Å²) >= 11 is 3.18. The molecule has 0 aliphatic carbocycles. The van der Waals surface area contributed by atoms with E-state index in [1.165, 1.54) is 12.3 Å². The summed E-state index contributed by atoms with van der Waals surface area (Å²) in [5.74, 6) is -0.00149. The number of hydrogen-bond acceptors (Lipinski definition) is 3. The summed E-state index contributed by atoms with van der Waals surface area (Å²) in [6.45, 7) is -0.644. The lowest BCUT2D eigenvalue weighted by molar-refractivity contribution is 0.484. The van der Waals surface area contributed by atoms with Crippen LogP contribution in [0.4, 0.5) is 10.2 Å². The van der Waals surface area contributed by atoms with Crippen molar-refractivity contribution in [3.8, 4) is 0 Å². The van der Waals surface area contributed by atoms with E-state index in [4.69, 9.17) is 0 Å². The fourth-order valence-electron chi connectivity index (χ4n) is 0.891. The molecule has 0 fully saturated rings. The molecule has 0 saturated carbocycles. The third-order valence-electron chi connectivity index (χ3n) is 1.53. The van der Waals surface area contributed by atoms with Crippen LogP contribution in [0.3, 0.4) is 0 Å². The topological polar surface area (TPSA) is 59.1 Å². The van der Waals surface area contributed by atoms with Crippen LogP contribution >= 0.6 is 15.9 Å². The number of nitrogens with one attached hydrogen (secondary N) is 1. The van der Waals surface area contributed by atoms with Gasteiger partial charge in [-0.25, -0.2) is 13.4 Å². The first-order valence-corrected chi connectivity index (χ1v) is 6.66. The number of sulfonamides is 1. The molecule has 15 heavy (non-hydrogen) atoms. The molecule has 7 heteroatoms. The van der Waals surface area contributed by atoms with Gasteiger partial charge in [0.15, 0.2) is 0 Å². The molecule has 1 heterocycles. The molecule has 1 aromatic rings. The van der Waals surface area contributed by atoms with Crippen LogP contribution in [-0.4, -0.2) is 25.8 Å².